The zero-order chi connectivity index (χ0) is 16.5. The lowest BCUT2D eigenvalue weighted by Crippen LogP contribution is -2.20. The zero-order valence-corrected chi connectivity index (χ0v) is 13.7. The molecule has 2 heterocycles. The predicted octanol–water partition coefficient (Wildman–Crippen LogP) is 3.83. The summed E-state index contributed by atoms with van der Waals surface area (Å²) in [5.74, 6) is 0.200. The van der Waals surface area contributed by atoms with E-state index in [0.717, 1.165) is 11.4 Å². The smallest absolute Gasteiger partial charge is 0.322 e. The summed E-state index contributed by atoms with van der Waals surface area (Å²) in [4.78, 5) is 15.6. The van der Waals surface area contributed by atoms with Crippen LogP contribution in [0.25, 0.3) is 0 Å². The summed E-state index contributed by atoms with van der Waals surface area (Å²) in [5.41, 5.74) is 2.20. The molecule has 0 saturated heterocycles. The SMILES string of the molecule is CC(=O)Nc1nnc(CN2c3ccccc3Sc3ccccc32)o1. The van der Waals surface area contributed by atoms with Crippen LogP contribution in [0.5, 0.6) is 0 Å². The number of carbonyl (C=O) groups excluding carboxylic acids is 1. The van der Waals surface area contributed by atoms with Crippen molar-refractivity contribution in [1.82, 2.24) is 10.2 Å². The van der Waals surface area contributed by atoms with E-state index in [-0.39, 0.29) is 11.9 Å². The van der Waals surface area contributed by atoms with Crippen LogP contribution in [0.4, 0.5) is 17.4 Å². The molecule has 2 aromatic carbocycles. The summed E-state index contributed by atoms with van der Waals surface area (Å²) < 4.78 is 5.52. The Morgan fingerprint density at radius 3 is 2.33 bits per heavy atom. The second kappa shape index (κ2) is 6.01. The topological polar surface area (TPSA) is 71.3 Å². The quantitative estimate of drug-likeness (QED) is 0.782. The van der Waals surface area contributed by atoms with Gasteiger partial charge in [-0.05, 0) is 24.3 Å². The Hall–Kier alpha value is -2.80. The van der Waals surface area contributed by atoms with Gasteiger partial charge in [0.15, 0.2) is 0 Å². The van der Waals surface area contributed by atoms with Crippen LogP contribution in [0, 0.1) is 0 Å². The van der Waals surface area contributed by atoms with E-state index in [9.17, 15) is 4.79 Å². The van der Waals surface area contributed by atoms with E-state index in [1.807, 2.05) is 24.3 Å². The summed E-state index contributed by atoms with van der Waals surface area (Å²) in [6.07, 6.45) is 0. The number of benzene rings is 2. The van der Waals surface area contributed by atoms with Gasteiger partial charge in [-0.1, -0.05) is 41.1 Å². The number of para-hydroxylation sites is 2. The number of anilines is 3. The van der Waals surface area contributed by atoms with Crippen LogP contribution in [0.1, 0.15) is 12.8 Å². The van der Waals surface area contributed by atoms with Gasteiger partial charge in [-0.15, -0.1) is 5.10 Å². The second-order valence-corrected chi connectivity index (χ2v) is 6.39. The van der Waals surface area contributed by atoms with Gasteiger partial charge in [0.25, 0.3) is 0 Å². The summed E-state index contributed by atoms with van der Waals surface area (Å²) in [6, 6.07) is 16.5. The van der Waals surface area contributed by atoms with Gasteiger partial charge < -0.3 is 9.32 Å². The first-order chi connectivity index (χ1) is 11.7. The third-order valence-corrected chi connectivity index (χ3v) is 4.71. The van der Waals surface area contributed by atoms with E-state index in [2.05, 4.69) is 44.7 Å². The summed E-state index contributed by atoms with van der Waals surface area (Å²) >= 11 is 1.75. The molecule has 0 spiro atoms. The molecule has 24 heavy (non-hydrogen) atoms. The van der Waals surface area contributed by atoms with Crippen molar-refractivity contribution in [3.63, 3.8) is 0 Å². The molecule has 3 aromatic rings. The monoisotopic (exact) mass is 338 g/mol. The Bertz CT molecular complexity index is 863. The molecule has 1 aliphatic rings. The maximum atomic E-state index is 11.1. The predicted molar refractivity (Wildman–Crippen MR) is 91.5 cm³/mol. The first-order valence-corrected chi connectivity index (χ1v) is 8.26. The molecule has 4 rings (SSSR count). The fourth-order valence-electron chi connectivity index (χ4n) is 2.61. The van der Waals surface area contributed by atoms with Crippen LogP contribution < -0.4 is 10.2 Å². The van der Waals surface area contributed by atoms with Crippen molar-refractivity contribution in [2.45, 2.75) is 23.3 Å². The number of amides is 1. The van der Waals surface area contributed by atoms with E-state index in [4.69, 9.17) is 4.42 Å². The third kappa shape index (κ3) is 2.74. The van der Waals surface area contributed by atoms with Crippen LogP contribution in [-0.4, -0.2) is 16.1 Å². The van der Waals surface area contributed by atoms with Gasteiger partial charge in [0.2, 0.25) is 11.8 Å². The Morgan fingerprint density at radius 1 is 1.08 bits per heavy atom. The average molecular weight is 338 g/mol. The van der Waals surface area contributed by atoms with Gasteiger partial charge in [-0.3, -0.25) is 10.1 Å². The largest absolute Gasteiger partial charge is 0.406 e. The first-order valence-electron chi connectivity index (χ1n) is 7.44. The Morgan fingerprint density at radius 2 is 1.71 bits per heavy atom. The maximum absolute atomic E-state index is 11.1. The van der Waals surface area contributed by atoms with Crippen LogP contribution in [0.3, 0.4) is 0 Å². The molecule has 0 saturated carbocycles. The lowest BCUT2D eigenvalue weighted by atomic mass is 10.2. The number of carbonyl (C=O) groups is 1. The lowest BCUT2D eigenvalue weighted by Gasteiger charge is -2.31. The molecule has 6 nitrogen and oxygen atoms in total. The van der Waals surface area contributed by atoms with E-state index in [1.54, 1.807) is 11.8 Å². The molecular formula is C17H14N4O2S. The van der Waals surface area contributed by atoms with Crippen molar-refractivity contribution < 1.29 is 9.21 Å². The average Bonchev–Trinajstić information content (AvgIpc) is 3.01. The standard InChI is InChI=1S/C17H14N4O2S/c1-11(22)18-17-20-19-16(23-17)10-21-12-6-2-4-8-14(12)24-15-9-5-3-7-13(15)21/h2-9H,10H2,1H3,(H,18,20,22). The molecule has 1 N–H and O–H groups in total. The van der Waals surface area contributed by atoms with Crippen molar-refractivity contribution in [3.8, 4) is 0 Å². The molecule has 120 valence electrons. The van der Waals surface area contributed by atoms with Crippen molar-refractivity contribution in [1.29, 1.82) is 0 Å². The van der Waals surface area contributed by atoms with Gasteiger partial charge in [-0.2, -0.15) is 0 Å². The number of fused-ring (bicyclic) bond motifs is 2. The van der Waals surface area contributed by atoms with E-state index >= 15 is 0 Å². The Labute approximate surface area is 142 Å². The minimum absolute atomic E-state index is 0.116. The first kappa shape index (κ1) is 14.8. The number of aromatic nitrogens is 2. The highest BCUT2D eigenvalue weighted by molar-refractivity contribution is 7.99. The summed E-state index contributed by atoms with van der Waals surface area (Å²) in [5, 5.41) is 10.4. The zero-order valence-electron chi connectivity index (χ0n) is 12.9. The highest BCUT2D eigenvalue weighted by Gasteiger charge is 2.24. The Balaban J connectivity index is 1.70. The molecule has 0 aliphatic carbocycles. The summed E-state index contributed by atoms with van der Waals surface area (Å²) in [6.45, 7) is 1.83. The van der Waals surface area contributed by atoms with Crippen molar-refractivity contribution in [2.24, 2.45) is 0 Å². The minimum Gasteiger partial charge on any atom is -0.406 e. The van der Waals surface area contributed by atoms with Gasteiger partial charge in [0.1, 0.15) is 6.54 Å². The van der Waals surface area contributed by atoms with Crippen molar-refractivity contribution in [2.75, 3.05) is 10.2 Å². The maximum Gasteiger partial charge on any atom is 0.322 e. The van der Waals surface area contributed by atoms with E-state index in [0.29, 0.717) is 12.4 Å². The van der Waals surface area contributed by atoms with Crippen LogP contribution in [0.15, 0.2) is 62.7 Å². The van der Waals surface area contributed by atoms with Gasteiger partial charge in [-0.25, -0.2) is 0 Å². The van der Waals surface area contributed by atoms with Crippen LogP contribution in [0.2, 0.25) is 0 Å². The Kier molecular flexibility index (Phi) is 3.70. The van der Waals surface area contributed by atoms with Crippen LogP contribution >= 0.6 is 11.8 Å². The normalized spacial score (nSPS) is 12.5. The molecule has 0 fully saturated rings. The number of hydrogen-bond donors (Lipinski definition) is 1. The molecular weight excluding hydrogens is 324 g/mol. The summed E-state index contributed by atoms with van der Waals surface area (Å²) in [7, 11) is 0. The van der Waals surface area contributed by atoms with Gasteiger partial charge in [0, 0.05) is 16.7 Å². The van der Waals surface area contributed by atoms with Gasteiger partial charge >= 0.3 is 6.01 Å². The highest BCUT2D eigenvalue weighted by Crippen LogP contribution is 2.48. The van der Waals surface area contributed by atoms with Crippen molar-refractivity contribution >= 4 is 35.1 Å². The molecule has 7 heteroatoms. The molecule has 0 unspecified atom stereocenters. The van der Waals surface area contributed by atoms with Crippen molar-refractivity contribution in [3.05, 3.63) is 54.4 Å². The highest BCUT2D eigenvalue weighted by atomic mass is 32.2. The molecule has 1 aromatic heterocycles. The van der Waals surface area contributed by atoms with Gasteiger partial charge in [0.05, 0.1) is 11.4 Å². The molecule has 0 atom stereocenters. The lowest BCUT2D eigenvalue weighted by molar-refractivity contribution is -0.114. The minimum atomic E-state index is -0.240. The molecule has 1 aliphatic heterocycles. The fourth-order valence-corrected chi connectivity index (χ4v) is 3.70. The number of nitrogens with zero attached hydrogens (tertiary/aromatic N) is 3. The second-order valence-electron chi connectivity index (χ2n) is 5.31. The van der Waals surface area contributed by atoms with E-state index in [1.165, 1.54) is 16.7 Å². The number of nitrogens with one attached hydrogen (secondary N) is 1. The number of rotatable bonds is 3. The van der Waals surface area contributed by atoms with Crippen LogP contribution in [-0.2, 0) is 11.3 Å². The fraction of sp³-hybridized carbons (Fsp3) is 0.118. The molecule has 1 amide bonds. The number of hydrogen-bond acceptors (Lipinski definition) is 6. The molecule has 0 bridgehead atoms. The van der Waals surface area contributed by atoms with E-state index < -0.39 is 0 Å². The molecule has 0 radical (unpaired) electrons. The third-order valence-electron chi connectivity index (χ3n) is 3.58.